The molecule has 1 aromatic carbocycles. The van der Waals surface area contributed by atoms with Crippen molar-refractivity contribution in [2.75, 3.05) is 12.0 Å². The van der Waals surface area contributed by atoms with E-state index in [9.17, 15) is 57.6 Å². The zero-order valence-electron chi connectivity index (χ0n) is 38.0. The minimum Gasteiger partial charge on any atom is -0.617 e. The molecule has 0 saturated heterocycles. The van der Waals surface area contributed by atoms with Gasteiger partial charge in [0.15, 0.2) is 0 Å². The number of unbranched alkanes of at least 4 members (excludes halogenated alkanes) is 1. The summed E-state index contributed by atoms with van der Waals surface area (Å²) in [5, 5.41) is 33.8. The van der Waals surface area contributed by atoms with Crippen molar-refractivity contribution < 1.29 is 62.7 Å². The van der Waals surface area contributed by atoms with E-state index in [1.54, 1.807) is 65.8 Å². The Hall–Kier alpha value is -5.57. The number of hydrogen-bond acceptors (Lipinski definition) is 11. The first-order valence-corrected chi connectivity index (χ1v) is 22.9. The molecule has 0 spiro atoms. The average molecular weight is 922 g/mol. The van der Waals surface area contributed by atoms with Crippen LogP contribution in [0.4, 0.5) is 0 Å². The molecule has 0 aromatic heterocycles. The average Bonchev–Trinajstić information content (AvgIpc) is 3.19. The zero-order valence-corrected chi connectivity index (χ0v) is 38.8. The summed E-state index contributed by atoms with van der Waals surface area (Å²) in [7, 11) is 0. The van der Waals surface area contributed by atoms with Gasteiger partial charge in [-0.25, -0.2) is 0 Å². The molecule has 0 aliphatic rings. The van der Waals surface area contributed by atoms with Crippen LogP contribution in [0.1, 0.15) is 110 Å². The Morgan fingerprint density at radius 3 is 1.72 bits per heavy atom. The van der Waals surface area contributed by atoms with Gasteiger partial charge in [-0.1, -0.05) is 89.8 Å². The Labute approximate surface area is 377 Å². The number of carboxylic acid groups (broad SMARTS) is 2. The Morgan fingerprint density at radius 1 is 0.688 bits per heavy atom. The largest absolute Gasteiger partial charge is 0.617 e. The second-order valence-corrected chi connectivity index (χ2v) is 18.8. The van der Waals surface area contributed by atoms with Crippen molar-refractivity contribution in [3.8, 4) is 0 Å². The molecule has 358 valence electrons. The molecule has 1 unspecified atom stereocenters. The van der Waals surface area contributed by atoms with Gasteiger partial charge in [-0.3, -0.25) is 47.9 Å². The summed E-state index contributed by atoms with van der Waals surface area (Å²) in [5.74, 6) is -10.2. The molecule has 1 aromatic rings. The molecule has 0 radical (unpaired) electrons. The van der Waals surface area contributed by atoms with Gasteiger partial charge in [0.2, 0.25) is 41.2 Å². The number of nitrogens with one attached hydrogen (secondary N) is 6. The molecule has 0 bridgehead atoms. The van der Waals surface area contributed by atoms with Crippen LogP contribution in [0.15, 0.2) is 24.3 Å². The number of Topliss-reactive ketones (excluding diaryl/α,β-unsaturated/α-hetero) is 1. The number of aryl methyl sites for hydroxylation is 1. The van der Waals surface area contributed by atoms with Gasteiger partial charge in [0.1, 0.15) is 36.0 Å². The summed E-state index contributed by atoms with van der Waals surface area (Å²) in [5.41, 5.74) is 5.56. The SMILES string of the molecule is CCCC[C@H](NC(=O)[C@H](CC(C)C)NC(=O)[C@@H](NC(=O)[C@H](Cc1ccccc1C)NC(=O)[C@H](CCC(=O)O)NC(=O)[C@H](CC[S+](C)[O-])NC(=O)CCC(=O)O)C(C)(C)C)C(=O)C(N)=O. The maximum Gasteiger partial charge on any atom is 0.303 e. The molecular weight excluding hydrogens is 855 g/mol. The summed E-state index contributed by atoms with van der Waals surface area (Å²) < 4.78 is 11.9. The molecule has 1 rings (SSSR count). The number of carboxylic acids is 2. The van der Waals surface area contributed by atoms with Crippen molar-refractivity contribution in [3.05, 3.63) is 35.4 Å². The number of amides is 7. The fourth-order valence-corrected chi connectivity index (χ4v) is 6.95. The maximum absolute atomic E-state index is 14.4. The molecule has 0 saturated carbocycles. The predicted molar refractivity (Wildman–Crippen MR) is 236 cm³/mol. The highest BCUT2D eigenvalue weighted by molar-refractivity contribution is 7.90. The Bertz CT molecular complexity index is 1820. The van der Waals surface area contributed by atoms with E-state index in [1.807, 2.05) is 6.92 Å². The maximum atomic E-state index is 14.4. The van der Waals surface area contributed by atoms with Crippen LogP contribution in [0.5, 0.6) is 0 Å². The van der Waals surface area contributed by atoms with Crippen LogP contribution in [0.25, 0.3) is 0 Å². The predicted octanol–water partition coefficient (Wildman–Crippen LogP) is 0.281. The summed E-state index contributed by atoms with van der Waals surface area (Å²) in [4.78, 5) is 129. The first-order valence-electron chi connectivity index (χ1n) is 21.2. The van der Waals surface area contributed by atoms with Crippen LogP contribution >= 0.6 is 0 Å². The lowest BCUT2D eigenvalue weighted by Gasteiger charge is -2.34. The van der Waals surface area contributed by atoms with Gasteiger partial charge in [0, 0.05) is 25.7 Å². The van der Waals surface area contributed by atoms with E-state index in [0.29, 0.717) is 18.4 Å². The summed E-state index contributed by atoms with van der Waals surface area (Å²) >= 11 is -1.43. The van der Waals surface area contributed by atoms with E-state index in [4.69, 9.17) is 10.8 Å². The third kappa shape index (κ3) is 21.2. The molecule has 0 aliphatic heterocycles. The van der Waals surface area contributed by atoms with Crippen LogP contribution < -0.4 is 37.6 Å². The highest BCUT2D eigenvalue weighted by Crippen LogP contribution is 2.21. The van der Waals surface area contributed by atoms with Gasteiger partial charge in [-0.2, -0.15) is 0 Å². The first-order chi connectivity index (χ1) is 29.8. The molecule has 0 aliphatic carbocycles. The third-order valence-corrected chi connectivity index (χ3v) is 10.8. The van der Waals surface area contributed by atoms with E-state index in [2.05, 4.69) is 31.9 Å². The minimum atomic E-state index is -1.60. The second kappa shape index (κ2) is 27.6. The van der Waals surface area contributed by atoms with Gasteiger partial charge >= 0.3 is 11.9 Å². The number of benzene rings is 1. The molecule has 64 heavy (non-hydrogen) atoms. The van der Waals surface area contributed by atoms with Gasteiger partial charge in [-0.15, -0.1) is 0 Å². The second-order valence-electron chi connectivity index (χ2n) is 17.2. The number of carbonyl (C=O) groups is 10. The highest BCUT2D eigenvalue weighted by Gasteiger charge is 2.39. The number of hydrogen-bond donors (Lipinski definition) is 9. The van der Waals surface area contributed by atoms with E-state index >= 15 is 0 Å². The van der Waals surface area contributed by atoms with Crippen molar-refractivity contribution in [3.63, 3.8) is 0 Å². The van der Waals surface area contributed by atoms with Crippen molar-refractivity contribution in [1.29, 1.82) is 0 Å². The fourth-order valence-electron chi connectivity index (χ4n) is 6.39. The Balaban J connectivity index is 3.60. The number of aliphatic carboxylic acids is 2. The fraction of sp³-hybridized carbons (Fsp3) is 0.628. The van der Waals surface area contributed by atoms with Gasteiger partial charge < -0.3 is 52.4 Å². The molecular formula is C43H67N7O13S. The van der Waals surface area contributed by atoms with Crippen LogP contribution in [0.3, 0.4) is 0 Å². The van der Waals surface area contributed by atoms with Crippen LogP contribution in [-0.4, -0.2) is 122 Å². The highest BCUT2D eigenvalue weighted by atomic mass is 32.2. The van der Waals surface area contributed by atoms with Crippen molar-refractivity contribution in [1.82, 2.24) is 31.9 Å². The Morgan fingerprint density at radius 2 is 1.20 bits per heavy atom. The quantitative estimate of drug-likeness (QED) is 0.0386. The van der Waals surface area contributed by atoms with Crippen LogP contribution in [0, 0.1) is 18.3 Å². The third-order valence-electron chi connectivity index (χ3n) is 9.99. The smallest absolute Gasteiger partial charge is 0.303 e. The number of ketones is 1. The first kappa shape index (κ1) is 56.4. The topological polar surface area (TPSA) is 332 Å². The number of carbonyl (C=O) groups excluding carboxylic acids is 8. The standard InChI is InChI=1S/C43H67N7O13S/c1-9-10-15-27(35(56)37(44)57)46-40(60)30(22-24(2)3)49-42(62)36(43(5,6)7)50-41(61)31(23-26-14-12-11-13-25(26)4)48-38(58)28(16-18-33(52)53)47-39(59)29(20-21-64(8)63)45-32(51)17-19-34(54)55/h11-14,24,27-31,36H,9-10,15-23H2,1-8H3,(H2,44,57)(H,45,51)(H,46,60)(H,47,59)(H,48,58)(H,49,62)(H,50,61)(H,52,53)(H,54,55)/t27-,28-,29-,30-,31-,36+,64?/m0/s1. The molecule has 7 atom stereocenters. The van der Waals surface area contributed by atoms with E-state index < -0.39 is 138 Å². The van der Waals surface area contributed by atoms with Crippen LogP contribution in [-0.2, 0) is 65.5 Å². The van der Waals surface area contributed by atoms with Gasteiger partial charge in [0.05, 0.1) is 18.7 Å². The molecule has 20 nitrogen and oxygen atoms in total. The number of rotatable bonds is 29. The van der Waals surface area contributed by atoms with Crippen LogP contribution in [0.2, 0.25) is 0 Å². The van der Waals surface area contributed by atoms with E-state index in [0.717, 1.165) is 5.56 Å². The normalized spacial score (nSPS) is 14.6. The summed E-state index contributed by atoms with van der Waals surface area (Å²) in [6, 6.07) is -1.28. The lowest BCUT2D eigenvalue weighted by molar-refractivity contribution is -0.140. The lowest BCUT2D eigenvalue weighted by Crippen LogP contribution is -2.62. The van der Waals surface area contributed by atoms with E-state index in [-0.39, 0.29) is 37.4 Å². The summed E-state index contributed by atoms with van der Waals surface area (Å²) in [6.07, 6.45) is 0.314. The van der Waals surface area contributed by atoms with Gasteiger partial charge in [0.25, 0.3) is 5.91 Å². The molecule has 21 heteroatoms. The number of nitrogens with two attached hydrogens (primary N) is 1. The van der Waals surface area contributed by atoms with Crippen molar-refractivity contribution in [2.45, 2.75) is 149 Å². The molecule has 0 heterocycles. The van der Waals surface area contributed by atoms with E-state index in [1.165, 1.54) is 6.26 Å². The minimum absolute atomic E-state index is 0.0676. The summed E-state index contributed by atoms with van der Waals surface area (Å²) in [6.45, 7) is 12.2. The molecule has 0 fully saturated rings. The van der Waals surface area contributed by atoms with Crippen molar-refractivity contribution >= 4 is 70.2 Å². The Kier molecular flexibility index (Phi) is 24.3. The van der Waals surface area contributed by atoms with Crippen molar-refractivity contribution in [2.24, 2.45) is 17.1 Å². The lowest BCUT2D eigenvalue weighted by atomic mass is 9.85. The molecule has 10 N–H and O–H groups in total. The van der Waals surface area contributed by atoms with Gasteiger partial charge in [-0.05, 0) is 48.6 Å². The molecule has 7 amide bonds. The zero-order chi connectivity index (χ0) is 48.9. The monoisotopic (exact) mass is 921 g/mol. The number of primary amides is 1.